The molecule has 6 heteroatoms. The number of carbonyl (C=O) groups is 1. The average molecular weight is 253 g/mol. The second-order valence-electron chi connectivity index (χ2n) is 4.48. The summed E-state index contributed by atoms with van der Waals surface area (Å²) in [6.45, 7) is 5.21. The largest absolute Gasteiger partial charge is 0.461 e. The van der Waals surface area contributed by atoms with Gasteiger partial charge in [0.25, 0.3) is 6.01 Å². The quantitative estimate of drug-likeness (QED) is 0.790. The number of anilines is 1. The maximum atomic E-state index is 11.4. The van der Waals surface area contributed by atoms with Crippen molar-refractivity contribution in [1.82, 2.24) is 10.3 Å². The summed E-state index contributed by atoms with van der Waals surface area (Å²) in [5, 5.41) is 6.58. The van der Waals surface area contributed by atoms with Gasteiger partial charge in [-0.05, 0) is 33.2 Å². The number of esters is 1. The molecule has 2 atom stereocenters. The molecule has 100 valence electrons. The Labute approximate surface area is 106 Å². The maximum Gasteiger partial charge on any atom is 0.360 e. The number of hydrogen-bond donors (Lipinski definition) is 2. The fraction of sp³-hybridized carbons (Fsp3) is 0.667. The van der Waals surface area contributed by atoms with E-state index in [4.69, 9.17) is 9.15 Å². The smallest absolute Gasteiger partial charge is 0.360 e. The topological polar surface area (TPSA) is 76.4 Å². The van der Waals surface area contributed by atoms with E-state index in [1.165, 1.54) is 6.26 Å². The molecule has 1 aliphatic rings. The fourth-order valence-corrected chi connectivity index (χ4v) is 2.08. The second-order valence-corrected chi connectivity index (χ2v) is 4.48. The Bertz CT molecular complexity index is 405. The summed E-state index contributed by atoms with van der Waals surface area (Å²) in [5.41, 5.74) is 0.210. The molecule has 18 heavy (non-hydrogen) atoms. The number of rotatable bonds is 4. The lowest BCUT2D eigenvalue weighted by molar-refractivity contribution is 0.0519. The molecule has 0 spiro atoms. The lowest BCUT2D eigenvalue weighted by atomic mass is 10.0. The van der Waals surface area contributed by atoms with Crippen LogP contribution in [0.5, 0.6) is 0 Å². The van der Waals surface area contributed by atoms with Crippen molar-refractivity contribution in [1.29, 1.82) is 0 Å². The highest BCUT2D eigenvalue weighted by atomic mass is 16.5. The minimum absolute atomic E-state index is 0.210. The highest BCUT2D eigenvalue weighted by Gasteiger charge is 2.20. The fourth-order valence-electron chi connectivity index (χ4n) is 2.08. The van der Waals surface area contributed by atoms with Crippen molar-refractivity contribution < 1.29 is 13.9 Å². The van der Waals surface area contributed by atoms with Crippen molar-refractivity contribution in [3.63, 3.8) is 0 Å². The molecule has 0 bridgehead atoms. The molecule has 1 aromatic rings. The van der Waals surface area contributed by atoms with Crippen LogP contribution in [0.2, 0.25) is 0 Å². The van der Waals surface area contributed by atoms with Gasteiger partial charge in [0.1, 0.15) is 6.26 Å². The van der Waals surface area contributed by atoms with Gasteiger partial charge in [-0.15, -0.1) is 0 Å². The average Bonchev–Trinajstić information content (AvgIpc) is 2.78. The van der Waals surface area contributed by atoms with E-state index in [0.717, 1.165) is 19.4 Å². The first kappa shape index (κ1) is 12.9. The first-order valence-electron chi connectivity index (χ1n) is 6.31. The van der Waals surface area contributed by atoms with Crippen LogP contribution < -0.4 is 10.6 Å². The molecular formula is C12H19N3O3. The van der Waals surface area contributed by atoms with Gasteiger partial charge in [0.15, 0.2) is 5.69 Å². The molecule has 1 fully saturated rings. The van der Waals surface area contributed by atoms with Crippen LogP contribution in [0.25, 0.3) is 0 Å². The zero-order valence-electron chi connectivity index (χ0n) is 10.7. The van der Waals surface area contributed by atoms with Crippen molar-refractivity contribution in [2.24, 2.45) is 0 Å². The van der Waals surface area contributed by atoms with E-state index in [2.05, 4.69) is 22.5 Å². The van der Waals surface area contributed by atoms with Gasteiger partial charge in [-0.3, -0.25) is 0 Å². The van der Waals surface area contributed by atoms with E-state index >= 15 is 0 Å². The lowest BCUT2D eigenvalue weighted by Crippen LogP contribution is -2.41. The van der Waals surface area contributed by atoms with Crippen LogP contribution in [0.3, 0.4) is 0 Å². The summed E-state index contributed by atoms with van der Waals surface area (Å²) in [5.74, 6) is -0.451. The number of aromatic nitrogens is 1. The Morgan fingerprint density at radius 1 is 1.72 bits per heavy atom. The van der Waals surface area contributed by atoms with Gasteiger partial charge >= 0.3 is 5.97 Å². The van der Waals surface area contributed by atoms with Crippen LogP contribution in [-0.2, 0) is 4.74 Å². The van der Waals surface area contributed by atoms with Crippen molar-refractivity contribution >= 4 is 12.0 Å². The molecule has 2 N–H and O–H groups in total. The molecule has 0 aromatic carbocycles. The van der Waals surface area contributed by atoms with Crippen molar-refractivity contribution in [3.8, 4) is 0 Å². The van der Waals surface area contributed by atoms with Gasteiger partial charge in [0, 0.05) is 12.1 Å². The Morgan fingerprint density at radius 3 is 3.28 bits per heavy atom. The summed E-state index contributed by atoms with van der Waals surface area (Å²) in [4.78, 5) is 15.5. The summed E-state index contributed by atoms with van der Waals surface area (Å²) < 4.78 is 10.1. The standard InChI is InChI=1S/C12H19N3O3/c1-3-17-11(16)10-7-18-12(15-10)14-9-4-5-13-8(2)6-9/h7-9,13H,3-6H2,1-2H3,(H,14,15). The molecule has 6 nitrogen and oxygen atoms in total. The predicted molar refractivity (Wildman–Crippen MR) is 66.6 cm³/mol. The summed E-state index contributed by atoms with van der Waals surface area (Å²) in [7, 11) is 0. The third kappa shape index (κ3) is 3.22. The predicted octanol–water partition coefficient (Wildman–Crippen LogP) is 1.40. The van der Waals surface area contributed by atoms with Crippen LogP contribution in [0, 0.1) is 0 Å². The minimum atomic E-state index is -0.451. The van der Waals surface area contributed by atoms with E-state index in [1.807, 2.05) is 0 Å². The zero-order chi connectivity index (χ0) is 13.0. The van der Waals surface area contributed by atoms with E-state index < -0.39 is 5.97 Å². The number of oxazole rings is 1. The van der Waals surface area contributed by atoms with Gasteiger partial charge in [-0.2, -0.15) is 4.98 Å². The molecular weight excluding hydrogens is 234 g/mol. The number of nitrogens with zero attached hydrogens (tertiary/aromatic N) is 1. The van der Waals surface area contributed by atoms with Crippen LogP contribution in [-0.4, -0.2) is 36.2 Å². The van der Waals surface area contributed by atoms with Crippen LogP contribution in [0.15, 0.2) is 10.7 Å². The Balaban J connectivity index is 1.91. The monoisotopic (exact) mass is 253 g/mol. The molecule has 0 radical (unpaired) electrons. The second kappa shape index (κ2) is 5.86. The first-order chi connectivity index (χ1) is 8.69. The third-order valence-electron chi connectivity index (χ3n) is 2.94. The Kier molecular flexibility index (Phi) is 4.19. The van der Waals surface area contributed by atoms with Crippen molar-refractivity contribution in [2.45, 2.75) is 38.8 Å². The van der Waals surface area contributed by atoms with Gasteiger partial charge in [0.2, 0.25) is 0 Å². The number of piperidine rings is 1. The van der Waals surface area contributed by atoms with Crippen molar-refractivity contribution in [2.75, 3.05) is 18.5 Å². The molecule has 1 saturated heterocycles. The van der Waals surface area contributed by atoms with Crippen molar-refractivity contribution in [3.05, 3.63) is 12.0 Å². The maximum absolute atomic E-state index is 11.4. The minimum Gasteiger partial charge on any atom is -0.461 e. The molecule has 2 unspecified atom stereocenters. The number of hydrogen-bond acceptors (Lipinski definition) is 6. The van der Waals surface area contributed by atoms with E-state index in [1.54, 1.807) is 6.92 Å². The highest BCUT2D eigenvalue weighted by molar-refractivity contribution is 5.87. The van der Waals surface area contributed by atoms with Gasteiger partial charge in [0.05, 0.1) is 6.61 Å². The summed E-state index contributed by atoms with van der Waals surface area (Å²) in [6, 6.07) is 1.20. The molecule has 0 amide bonds. The molecule has 2 rings (SSSR count). The van der Waals surface area contributed by atoms with Crippen LogP contribution >= 0.6 is 0 Å². The third-order valence-corrected chi connectivity index (χ3v) is 2.94. The lowest BCUT2D eigenvalue weighted by Gasteiger charge is -2.27. The van der Waals surface area contributed by atoms with E-state index in [9.17, 15) is 4.79 Å². The molecule has 0 aliphatic carbocycles. The number of ether oxygens (including phenoxy) is 1. The molecule has 1 aliphatic heterocycles. The van der Waals surface area contributed by atoms with Gasteiger partial charge < -0.3 is 19.8 Å². The summed E-state index contributed by atoms with van der Waals surface area (Å²) in [6.07, 6.45) is 3.35. The van der Waals surface area contributed by atoms with Gasteiger partial charge in [-0.25, -0.2) is 4.79 Å². The van der Waals surface area contributed by atoms with E-state index in [-0.39, 0.29) is 5.69 Å². The first-order valence-corrected chi connectivity index (χ1v) is 6.31. The van der Waals surface area contributed by atoms with Crippen LogP contribution in [0.4, 0.5) is 6.01 Å². The summed E-state index contributed by atoms with van der Waals surface area (Å²) >= 11 is 0. The number of carbonyl (C=O) groups excluding carboxylic acids is 1. The molecule has 2 heterocycles. The Hall–Kier alpha value is -1.56. The van der Waals surface area contributed by atoms with Crippen LogP contribution in [0.1, 0.15) is 37.2 Å². The number of nitrogens with one attached hydrogen (secondary N) is 2. The van der Waals surface area contributed by atoms with Gasteiger partial charge in [-0.1, -0.05) is 0 Å². The highest BCUT2D eigenvalue weighted by Crippen LogP contribution is 2.15. The Morgan fingerprint density at radius 2 is 2.56 bits per heavy atom. The molecule has 1 aromatic heterocycles. The van der Waals surface area contributed by atoms with E-state index in [0.29, 0.717) is 24.7 Å². The SMILES string of the molecule is CCOC(=O)c1coc(NC2CCNC(C)C2)n1. The normalized spacial score (nSPS) is 23.7. The zero-order valence-corrected chi connectivity index (χ0v) is 10.7. The molecule has 0 saturated carbocycles.